The summed E-state index contributed by atoms with van der Waals surface area (Å²) in [4.78, 5) is 8.44. The lowest BCUT2D eigenvalue weighted by atomic mass is 10.3. The molecule has 0 aliphatic heterocycles. The van der Waals surface area contributed by atoms with E-state index < -0.39 is 10.0 Å². The largest absolute Gasteiger partial charge is 0.495 e. The zero-order chi connectivity index (χ0) is 22.7. The molecule has 4 rings (SSSR count). The maximum atomic E-state index is 12.7. The van der Waals surface area contributed by atoms with E-state index in [9.17, 15) is 8.42 Å². The van der Waals surface area contributed by atoms with Crippen LogP contribution in [-0.4, -0.2) is 35.3 Å². The number of rotatable bonds is 7. The van der Waals surface area contributed by atoms with Crippen LogP contribution in [0.15, 0.2) is 71.9 Å². The molecule has 9 nitrogen and oxygen atoms in total. The molecule has 164 valence electrons. The number of aromatic nitrogens is 4. The van der Waals surface area contributed by atoms with Gasteiger partial charge in [-0.2, -0.15) is 5.10 Å². The highest BCUT2D eigenvalue weighted by molar-refractivity contribution is 7.92. The van der Waals surface area contributed by atoms with Gasteiger partial charge in [-0.1, -0.05) is 12.1 Å². The lowest BCUT2D eigenvalue weighted by Gasteiger charge is -2.12. The number of nitrogens with one attached hydrogen (secondary N) is 1. The van der Waals surface area contributed by atoms with Gasteiger partial charge in [-0.3, -0.25) is 4.72 Å². The van der Waals surface area contributed by atoms with E-state index in [1.165, 1.54) is 19.5 Å². The highest BCUT2D eigenvalue weighted by atomic mass is 32.2. The molecule has 1 N–H and O–H groups in total. The summed E-state index contributed by atoms with van der Waals surface area (Å²) in [7, 11) is -2.39. The van der Waals surface area contributed by atoms with Crippen LogP contribution in [0.4, 0.5) is 5.69 Å². The minimum atomic E-state index is -3.81. The third-order valence-corrected chi connectivity index (χ3v) is 5.96. The van der Waals surface area contributed by atoms with Gasteiger partial charge >= 0.3 is 0 Å². The Bertz CT molecular complexity index is 1350. The van der Waals surface area contributed by atoms with Crippen molar-refractivity contribution in [2.75, 3.05) is 11.8 Å². The molecule has 0 unspecified atom stereocenters. The van der Waals surface area contributed by atoms with E-state index in [2.05, 4.69) is 19.8 Å². The van der Waals surface area contributed by atoms with Crippen molar-refractivity contribution in [3.63, 3.8) is 0 Å². The van der Waals surface area contributed by atoms with Crippen molar-refractivity contribution < 1.29 is 17.9 Å². The van der Waals surface area contributed by atoms with Crippen molar-refractivity contribution in [2.24, 2.45) is 0 Å². The zero-order valence-corrected chi connectivity index (χ0v) is 18.5. The predicted molar refractivity (Wildman–Crippen MR) is 119 cm³/mol. The molecular formula is C22H21N5O4S. The normalized spacial score (nSPS) is 11.2. The predicted octanol–water partition coefficient (Wildman–Crippen LogP) is 3.88. The summed E-state index contributed by atoms with van der Waals surface area (Å²) < 4.78 is 40.6. The fourth-order valence-electron chi connectivity index (χ4n) is 3.13. The Morgan fingerprint density at radius 2 is 1.72 bits per heavy atom. The third kappa shape index (κ3) is 4.54. The minimum Gasteiger partial charge on any atom is -0.495 e. The van der Waals surface area contributed by atoms with Crippen molar-refractivity contribution >= 4 is 15.7 Å². The van der Waals surface area contributed by atoms with Crippen molar-refractivity contribution in [2.45, 2.75) is 18.7 Å². The van der Waals surface area contributed by atoms with Crippen LogP contribution >= 0.6 is 0 Å². The summed E-state index contributed by atoms with van der Waals surface area (Å²) in [5.74, 6) is 1.68. The molecule has 10 heteroatoms. The molecule has 0 saturated heterocycles. The van der Waals surface area contributed by atoms with E-state index in [0.29, 0.717) is 23.1 Å². The first-order valence-electron chi connectivity index (χ1n) is 9.65. The minimum absolute atomic E-state index is 0.0560. The Kier molecular flexibility index (Phi) is 5.78. The van der Waals surface area contributed by atoms with Gasteiger partial charge in [0.1, 0.15) is 22.7 Å². The molecule has 2 aromatic heterocycles. The number of aryl methyl sites for hydroxylation is 2. The number of nitrogens with zero attached hydrogens (tertiary/aromatic N) is 4. The second-order valence-corrected chi connectivity index (χ2v) is 8.59. The number of benzene rings is 2. The van der Waals surface area contributed by atoms with Crippen molar-refractivity contribution in [1.82, 2.24) is 19.7 Å². The molecule has 0 aliphatic carbocycles. The SMILES string of the molecule is COc1ccccc1S(=O)(=O)Nc1ccc(Oc2cc(-n3nc(C)cc3C)ncn2)cc1. The molecule has 0 fully saturated rings. The zero-order valence-electron chi connectivity index (χ0n) is 17.7. The summed E-state index contributed by atoms with van der Waals surface area (Å²) in [6, 6.07) is 16.5. The topological polar surface area (TPSA) is 108 Å². The van der Waals surface area contributed by atoms with Gasteiger partial charge in [-0.25, -0.2) is 23.1 Å². The number of hydrogen-bond donors (Lipinski definition) is 1. The molecule has 32 heavy (non-hydrogen) atoms. The molecule has 0 aliphatic rings. The number of methoxy groups -OCH3 is 1. The lowest BCUT2D eigenvalue weighted by Crippen LogP contribution is -2.13. The van der Waals surface area contributed by atoms with Crippen LogP contribution < -0.4 is 14.2 Å². The molecular weight excluding hydrogens is 430 g/mol. The van der Waals surface area contributed by atoms with Gasteiger partial charge in [-0.05, 0) is 56.3 Å². The maximum absolute atomic E-state index is 12.7. The van der Waals surface area contributed by atoms with Crippen LogP contribution in [0.25, 0.3) is 5.82 Å². The van der Waals surface area contributed by atoms with E-state index >= 15 is 0 Å². The third-order valence-electron chi connectivity index (χ3n) is 4.54. The van der Waals surface area contributed by atoms with Crippen LogP contribution in [0.2, 0.25) is 0 Å². The first-order chi connectivity index (χ1) is 15.4. The number of hydrogen-bond acceptors (Lipinski definition) is 7. The van der Waals surface area contributed by atoms with Gasteiger partial charge < -0.3 is 9.47 Å². The molecule has 0 atom stereocenters. The summed E-state index contributed by atoms with van der Waals surface area (Å²) in [6.45, 7) is 3.85. The number of sulfonamides is 1. The summed E-state index contributed by atoms with van der Waals surface area (Å²) in [5, 5.41) is 4.41. The summed E-state index contributed by atoms with van der Waals surface area (Å²) in [6.07, 6.45) is 1.40. The van der Waals surface area contributed by atoms with Crippen molar-refractivity contribution in [3.05, 3.63) is 78.4 Å². The van der Waals surface area contributed by atoms with Gasteiger partial charge in [0.05, 0.1) is 12.8 Å². The molecule has 2 heterocycles. The van der Waals surface area contributed by atoms with E-state index in [1.54, 1.807) is 53.2 Å². The number of ether oxygens (including phenoxy) is 2. The Morgan fingerprint density at radius 3 is 2.41 bits per heavy atom. The van der Waals surface area contributed by atoms with Gasteiger partial charge in [0.2, 0.25) is 5.88 Å². The molecule has 0 spiro atoms. The summed E-state index contributed by atoms with van der Waals surface area (Å²) >= 11 is 0. The van der Waals surface area contributed by atoms with Crippen molar-refractivity contribution in [3.8, 4) is 23.2 Å². The average Bonchev–Trinajstić information content (AvgIpc) is 3.13. The standard InChI is InChI=1S/C22H21N5O4S/c1-15-12-16(2)27(25-15)21-13-22(24-14-23-21)31-18-10-8-17(9-11-18)26-32(28,29)20-7-5-4-6-19(20)30-3/h4-14,26H,1-3H3. The molecule has 4 aromatic rings. The van der Waals surface area contributed by atoms with Crippen LogP contribution in [0, 0.1) is 13.8 Å². The fourth-order valence-corrected chi connectivity index (χ4v) is 4.36. The molecule has 0 saturated carbocycles. The van der Waals surface area contributed by atoms with E-state index in [4.69, 9.17) is 9.47 Å². The second-order valence-electron chi connectivity index (χ2n) is 6.94. The second kappa shape index (κ2) is 8.67. The monoisotopic (exact) mass is 451 g/mol. The van der Waals surface area contributed by atoms with Crippen LogP contribution in [0.3, 0.4) is 0 Å². The van der Waals surface area contributed by atoms with Gasteiger partial charge in [0, 0.05) is 17.4 Å². The van der Waals surface area contributed by atoms with E-state index in [1.807, 2.05) is 19.9 Å². The molecule has 0 radical (unpaired) electrons. The number of para-hydroxylation sites is 1. The van der Waals surface area contributed by atoms with Gasteiger partial charge in [-0.15, -0.1) is 0 Å². The van der Waals surface area contributed by atoms with Gasteiger partial charge in [0.25, 0.3) is 10.0 Å². The van der Waals surface area contributed by atoms with Crippen LogP contribution in [0.1, 0.15) is 11.4 Å². The highest BCUT2D eigenvalue weighted by Gasteiger charge is 2.19. The van der Waals surface area contributed by atoms with Crippen molar-refractivity contribution in [1.29, 1.82) is 0 Å². The Hall–Kier alpha value is -3.92. The molecule has 0 bridgehead atoms. The summed E-state index contributed by atoms with van der Waals surface area (Å²) in [5.41, 5.74) is 2.21. The fraction of sp³-hybridized carbons (Fsp3) is 0.136. The lowest BCUT2D eigenvalue weighted by molar-refractivity contribution is 0.403. The van der Waals surface area contributed by atoms with Crippen LogP contribution in [-0.2, 0) is 10.0 Å². The Labute approximate surface area is 185 Å². The number of anilines is 1. The maximum Gasteiger partial charge on any atom is 0.265 e. The Morgan fingerprint density at radius 1 is 0.969 bits per heavy atom. The Balaban J connectivity index is 1.50. The van der Waals surface area contributed by atoms with Crippen LogP contribution in [0.5, 0.6) is 17.4 Å². The first-order valence-corrected chi connectivity index (χ1v) is 11.1. The van der Waals surface area contributed by atoms with E-state index in [0.717, 1.165) is 11.4 Å². The first kappa shape index (κ1) is 21.3. The highest BCUT2D eigenvalue weighted by Crippen LogP contribution is 2.27. The quantitative estimate of drug-likeness (QED) is 0.454. The van der Waals surface area contributed by atoms with E-state index in [-0.39, 0.29) is 10.6 Å². The smallest absolute Gasteiger partial charge is 0.265 e. The van der Waals surface area contributed by atoms with Gasteiger partial charge in [0.15, 0.2) is 5.82 Å². The average molecular weight is 452 g/mol. The molecule has 0 amide bonds. The molecule has 2 aromatic carbocycles.